The molecule has 3 heteroatoms. The highest BCUT2D eigenvalue weighted by atomic mass is 16.5. The maximum atomic E-state index is 9.63. The highest BCUT2D eigenvalue weighted by Gasteiger charge is 2.32. The fraction of sp³-hybridized carbons (Fsp3) is 0.647. The van der Waals surface area contributed by atoms with Crippen LogP contribution in [0.2, 0.25) is 0 Å². The van der Waals surface area contributed by atoms with Crippen molar-refractivity contribution < 1.29 is 9.84 Å². The van der Waals surface area contributed by atoms with Crippen molar-refractivity contribution in [1.82, 2.24) is 5.32 Å². The monoisotopic (exact) mass is 277 g/mol. The smallest absolute Gasteiger partial charge is 0.115 e. The second-order valence-electron chi connectivity index (χ2n) is 6.53. The number of phenolic OH excluding ortho intramolecular Hbond substituents is 1. The number of rotatable bonds is 6. The molecule has 1 aliphatic rings. The van der Waals surface area contributed by atoms with Gasteiger partial charge in [-0.2, -0.15) is 0 Å². The molecule has 1 fully saturated rings. The van der Waals surface area contributed by atoms with Crippen LogP contribution >= 0.6 is 0 Å². The minimum absolute atomic E-state index is 0.168. The fourth-order valence-corrected chi connectivity index (χ4v) is 2.98. The Morgan fingerprint density at radius 3 is 2.90 bits per heavy atom. The van der Waals surface area contributed by atoms with Gasteiger partial charge in [-0.1, -0.05) is 26.0 Å². The van der Waals surface area contributed by atoms with Gasteiger partial charge in [-0.25, -0.2) is 0 Å². The summed E-state index contributed by atoms with van der Waals surface area (Å²) in [5.41, 5.74) is 1.36. The number of benzene rings is 1. The number of phenols is 1. The van der Waals surface area contributed by atoms with Crippen LogP contribution in [0.3, 0.4) is 0 Å². The summed E-state index contributed by atoms with van der Waals surface area (Å²) in [7, 11) is 0. The van der Waals surface area contributed by atoms with E-state index in [1.54, 1.807) is 6.07 Å². The highest BCUT2D eigenvalue weighted by Crippen LogP contribution is 2.32. The first-order chi connectivity index (χ1) is 9.60. The standard InChI is InChI=1S/C17H27NO2/c1-14(2)11-18-12-17(7-4-8-20-13-17)10-15-5-3-6-16(19)9-15/h3,5-6,9,14,18-19H,4,7-8,10-13H2,1-2H3. The van der Waals surface area contributed by atoms with Crippen LogP contribution in [0.1, 0.15) is 32.3 Å². The van der Waals surface area contributed by atoms with Gasteiger partial charge < -0.3 is 15.2 Å². The zero-order valence-electron chi connectivity index (χ0n) is 12.7. The van der Waals surface area contributed by atoms with Gasteiger partial charge in [0.2, 0.25) is 0 Å². The first kappa shape index (κ1) is 15.3. The summed E-state index contributed by atoms with van der Waals surface area (Å²) in [6.45, 7) is 8.18. The van der Waals surface area contributed by atoms with Gasteiger partial charge in [0.1, 0.15) is 5.75 Å². The summed E-state index contributed by atoms with van der Waals surface area (Å²) in [5, 5.41) is 13.2. The maximum absolute atomic E-state index is 9.63. The summed E-state index contributed by atoms with van der Waals surface area (Å²) in [6.07, 6.45) is 3.28. The third-order valence-corrected chi connectivity index (χ3v) is 3.95. The molecule has 0 radical (unpaired) electrons. The molecule has 20 heavy (non-hydrogen) atoms. The van der Waals surface area contributed by atoms with Gasteiger partial charge in [-0.3, -0.25) is 0 Å². The van der Waals surface area contributed by atoms with Crippen LogP contribution in [0.5, 0.6) is 5.75 Å². The minimum Gasteiger partial charge on any atom is -0.508 e. The van der Waals surface area contributed by atoms with Crippen LogP contribution in [-0.2, 0) is 11.2 Å². The van der Waals surface area contributed by atoms with Crippen LogP contribution in [0.15, 0.2) is 24.3 Å². The lowest BCUT2D eigenvalue weighted by Crippen LogP contribution is -2.43. The van der Waals surface area contributed by atoms with E-state index in [0.29, 0.717) is 11.7 Å². The molecular weight excluding hydrogens is 250 g/mol. The van der Waals surface area contributed by atoms with E-state index in [4.69, 9.17) is 4.74 Å². The Morgan fingerprint density at radius 1 is 1.40 bits per heavy atom. The minimum atomic E-state index is 0.168. The molecule has 1 unspecified atom stereocenters. The van der Waals surface area contributed by atoms with Crippen LogP contribution in [0, 0.1) is 11.3 Å². The largest absolute Gasteiger partial charge is 0.508 e. The van der Waals surface area contributed by atoms with Gasteiger partial charge in [0.25, 0.3) is 0 Å². The molecule has 0 aromatic heterocycles. The highest BCUT2D eigenvalue weighted by molar-refractivity contribution is 5.28. The molecule has 2 rings (SSSR count). The Morgan fingerprint density at radius 2 is 2.25 bits per heavy atom. The lowest BCUT2D eigenvalue weighted by molar-refractivity contribution is -0.00741. The summed E-state index contributed by atoms with van der Waals surface area (Å²) < 4.78 is 5.74. The average molecular weight is 277 g/mol. The van der Waals surface area contributed by atoms with E-state index in [0.717, 1.165) is 39.1 Å². The lowest BCUT2D eigenvalue weighted by atomic mass is 9.77. The first-order valence-corrected chi connectivity index (χ1v) is 7.66. The molecule has 0 aliphatic carbocycles. The Balaban J connectivity index is 2.02. The zero-order chi connectivity index (χ0) is 14.4. The molecule has 3 nitrogen and oxygen atoms in total. The van der Waals surface area contributed by atoms with Gasteiger partial charge in [-0.05, 0) is 49.4 Å². The van der Waals surface area contributed by atoms with E-state index in [-0.39, 0.29) is 5.41 Å². The molecule has 2 N–H and O–H groups in total. The lowest BCUT2D eigenvalue weighted by Gasteiger charge is -2.37. The van der Waals surface area contributed by atoms with Crippen molar-refractivity contribution in [3.05, 3.63) is 29.8 Å². The summed E-state index contributed by atoms with van der Waals surface area (Å²) in [5.74, 6) is 1.02. The molecule has 0 amide bonds. The van der Waals surface area contributed by atoms with Gasteiger partial charge >= 0.3 is 0 Å². The Labute approximate surface area is 122 Å². The molecule has 1 atom stereocenters. The molecule has 1 aromatic carbocycles. The third kappa shape index (κ3) is 4.50. The van der Waals surface area contributed by atoms with E-state index >= 15 is 0 Å². The number of hydrogen-bond donors (Lipinski definition) is 2. The van der Waals surface area contributed by atoms with Gasteiger partial charge in [0.15, 0.2) is 0 Å². The Kier molecular flexibility index (Phi) is 5.44. The van der Waals surface area contributed by atoms with E-state index in [1.165, 1.54) is 12.0 Å². The predicted molar refractivity (Wildman–Crippen MR) is 82.0 cm³/mol. The van der Waals surface area contributed by atoms with Crippen molar-refractivity contribution in [3.63, 3.8) is 0 Å². The van der Waals surface area contributed by atoms with Gasteiger partial charge in [0, 0.05) is 18.6 Å². The Bertz CT molecular complexity index is 411. The molecule has 0 bridgehead atoms. The summed E-state index contributed by atoms with van der Waals surface area (Å²) in [4.78, 5) is 0. The third-order valence-electron chi connectivity index (χ3n) is 3.95. The molecule has 1 heterocycles. The van der Waals surface area contributed by atoms with E-state index < -0.39 is 0 Å². The second kappa shape index (κ2) is 7.09. The zero-order valence-corrected chi connectivity index (χ0v) is 12.7. The average Bonchev–Trinajstić information content (AvgIpc) is 2.39. The van der Waals surface area contributed by atoms with Crippen LogP contribution < -0.4 is 5.32 Å². The SMILES string of the molecule is CC(C)CNCC1(Cc2cccc(O)c2)CCCOC1. The number of aromatic hydroxyl groups is 1. The van der Waals surface area contributed by atoms with Crippen LogP contribution in [0.25, 0.3) is 0 Å². The van der Waals surface area contributed by atoms with Crippen LogP contribution in [-0.4, -0.2) is 31.4 Å². The topological polar surface area (TPSA) is 41.5 Å². The van der Waals surface area contributed by atoms with Crippen molar-refractivity contribution in [3.8, 4) is 5.75 Å². The van der Waals surface area contributed by atoms with Crippen molar-refractivity contribution in [2.75, 3.05) is 26.3 Å². The molecule has 112 valence electrons. The van der Waals surface area contributed by atoms with Gasteiger partial charge in [0.05, 0.1) is 6.61 Å². The van der Waals surface area contributed by atoms with Crippen LogP contribution in [0.4, 0.5) is 0 Å². The molecule has 1 saturated heterocycles. The second-order valence-corrected chi connectivity index (χ2v) is 6.53. The number of nitrogens with one attached hydrogen (secondary N) is 1. The van der Waals surface area contributed by atoms with Crippen molar-refractivity contribution >= 4 is 0 Å². The fourth-order valence-electron chi connectivity index (χ4n) is 2.98. The molecule has 0 spiro atoms. The number of hydrogen-bond acceptors (Lipinski definition) is 3. The quantitative estimate of drug-likeness (QED) is 0.840. The van der Waals surface area contributed by atoms with E-state index in [2.05, 4.69) is 25.2 Å². The first-order valence-electron chi connectivity index (χ1n) is 7.66. The summed E-state index contributed by atoms with van der Waals surface area (Å²) >= 11 is 0. The molecule has 1 aromatic rings. The molecule has 1 aliphatic heterocycles. The van der Waals surface area contributed by atoms with Crippen molar-refractivity contribution in [1.29, 1.82) is 0 Å². The maximum Gasteiger partial charge on any atom is 0.115 e. The number of ether oxygens (including phenoxy) is 1. The predicted octanol–water partition coefficient (Wildman–Crippen LogP) is 2.98. The normalized spacial score (nSPS) is 23.1. The molecular formula is C17H27NO2. The van der Waals surface area contributed by atoms with E-state index in [1.807, 2.05) is 12.1 Å². The van der Waals surface area contributed by atoms with Crippen molar-refractivity contribution in [2.24, 2.45) is 11.3 Å². The van der Waals surface area contributed by atoms with Gasteiger partial charge in [-0.15, -0.1) is 0 Å². The van der Waals surface area contributed by atoms with E-state index in [9.17, 15) is 5.11 Å². The molecule has 0 saturated carbocycles. The summed E-state index contributed by atoms with van der Waals surface area (Å²) in [6, 6.07) is 7.62. The Hall–Kier alpha value is -1.06. The van der Waals surface area contributed by atoms with Crippen molar-refractivity contribution in [2.45, 2.75) is 33.1 Å².